The molecule has 0 aromatic heterocycles. The summed E-state index contributed by atoms with van der Waals surface area (Å²) in [6.45, 7) is 21.4. The van der Waals surface area contributed by atoms with Crippen LogP contribution >= 0.6 is 0 Å². The Labute approximate surface area is 417 Å². The van der Waals surface area contributed by atoms with Crippen molar-refractivity contribution >= 4 is 23.4 Å². The van der Waals surface area contributed by atoms with Crippen molar-refractivity contribution in [3.05, 3.63) is 12.2 Å². The minimum absolute atomic E-state index is 0.0253. The third kappa shape index (κ3) is 7.97. The quantitative estimate of drug-likeness (QED) is 0.0783. The van der Waals surface area contributed by atoms with Crippen molar-refractivity contribution in [3.63, 3.8) is 0 Å². The highest BCUT2D eigenvalue weighted by Gasteiger charge is 2.70. The van der Waals surface area contributed by atoms with Gasteiger partial charge in [0.15, 0.2) is 0 Å². The average Bonchev–Trinajstić information content (AvgIpc) is 4.15. The van der Waals surface area contributed by atoms with Crippen LogP contribution in [0, 0.1) is 91.7 Å². The number of fused-ring (bicyclic) bond motifs is 10. The second kappa shape index (κ2) is 18.6. The minimum atomic E-state index is -0.697. The van der Waals surface area contributed by atoms with E-state index in [-0.39, 0.29) is 129 Å². The van der Waals surface area contributed by atoms with Gasteiger partial charge in [-0.1, -0.05) is 65.7 Å². The molecule has 70 heavy (non-hydrogen) atoms. The molecule has 8 saturated carbocycles. The van der Waals surface area contributed by atoms with Gasteiger partial charge in [-0.05, 0) is 148 Å². The third-order valence-electron chi connectivity index (χ3n) is 22.9. The van der Waals surface area contributed by atoms with Crippen molar-refractivity contribution < 1.29 is 49.2 Å². The standard InChI is InChI=1S/C56H88N4O10/c1-51(2)39(59-69-31-19-25-57-27-31)17-23-55(7)37-15-21-53(5)35(45(37)47(65)33(29-61)49(51)55)9-11-41(53)67-43(63)13-14-44(64)68-42-12-10-36-46-38(16-22-54(36,42)6)56(8)24-18-40(60-70-32-20-26-58-28-32)52(3,4)50(56)34(30-62)48(46)66/h13-14,31-38,41-42,45-50,57-58,61-62,65-66H,9-12,15-30H2,1-8H3/b14-13+,59-39+,60-40+/t31-,32-,33?,34?,35+,36+,37-,38-,41?,42?,45+,46+,47?,48?,49?,50?,53+,54+,55-,56-/m1/s1. The number of carbonyl (C=O) groups excluding carboxylic acids is 2. The number of hydrogen-bond donors (Lipinski definition) is 6. The number of nitrogens with one attached hydrogen (secondary N) is 2. The Morgan fingerprint density at radius 1 is 0.557 bits per heavy atom. The summed E-state index contributed by atoms with van der Waals surface area (Å²) < 4.78 is 12.5. The summed E-state index contributed by atoms with van der Waals surface area (Å²) in [5.41, 5.74) is 0.416. The number of carbonyl (C=O) groups is 2. The smallest absolute Gasteiger partial charge is 0.331 e. The van der Waals surface area contributed by atoms with Gasteiger partial charge in [0.05, 0.1) is 23.6 Å². The molecule has 10 aliphatic rings. The lowest BCUT2D eigenvalue weighted by atomic mass is 9.38. The molecule has 0 spiro atoms. The van der Waals surface area contributed by atoms with Crippen molar-refractivity contribution in [2.45, 2.75) is 182 Å². The van der Waals surface area contributed by atoms with Gasteiger partial charge in [0.25, 0.3) is 0 Å². The Morgan fingerprint density at radius 3 is 1.30 bits per heavy atom. The first-order valence-electron chi connectivity index (χ1n) is 27.8. The van der Waals surface area contributed by atoms with Crippen molar-refractivity contribution in [2.24, 2.45) is 102 Å². The number of rotatable bonds is 10. The van der Waals surface area contributed by atoms with E-state index < -0.39 is 24.1 Å². The van der Waals surface area contributed by atoms with Crippen molar-refractivity contribution in [2.75, 3.05) is 39.4 Å². The summed E-state index contributed by atoms with van der Waals surface area (Å²) in [5, 5.41) is 63.2. The van der Waals surface area contributed by atoms with E-state index in [9.17, 15) is 30.0 Å². The Bertz CT molecular complexity index is 1920. The molecule has 0 aromatic carbocycles. The van der Waals surface area contributed by atoms with Crippen LogP contribution in [0.1, 0.15) is 145 Å². The van der Waals surface area contributed by atoms with Gasteiger partial charge in [-0.2, -0.15) is 0 Å². The summed E-state index contributed by atoms with van der Waals surface area (Å²) in [4.78, 5) is 39.4. The minimum Gasteiger partial charge on any atom is -0.459 e. The topological polar surface area (TPSA) is 201 Å². The Hall–Kier alpha value is -2.62. The summed E-state index contributed by atoms with van der Waals surface area (Å²) in [5.74, 6) is -0.967. The second-order valence-electron chi connectivity index (χ2n) is 26.6. The van der Waals surface area contributed by atoms with Gasteiger partial charge in [-0.25, -0.2) is 9.59 Å². The highest BCUT2D eigenvalue weighted by molar-refractivity contribution is 5.92. The molecular weight excluding hydrogens is 889 g/mol. The molecule has 0 aromatic rings. The van der Waals surface area contributed by atoms with Crippen LogP contribution < -0.4 is 10.6 Å². The molecule has 8 aliphatic carbocycles. The lowest BCUT2D eigenvalue weighted by Gasteiger charge is -2.67. The van der Waals surface area contributed by atoms with E-state index in [0.717, 1.165) is 115 Å². The summed E-state index contributed by atoms with van der Waals surface area (Å²) in [6.07, 6.45) is 12.5. The zero-order chi connectivity index (χ0) is 49.8. The van der Waals surface area contributed by atoms with Crippen LogP contribution in [-0.2, 0) is 28.7 Å². The number of oxime groups is 2. The van der Waals surface area contributed by atoms with Crippen LogP contribution in [0.15, 0.2) is 22.5 Å². The number of esters is 2. The van der Waals surface area contributed by atoms with Gasteiger partial charge < -0.3 is 50.2 Å². The molecule has 14 nitrogen and oxygen atoms in total. The molecule has 0 amide bonds. The van der Waals surface area contributed by atoms with Gasteiger partial charge in [-0.15, -0.1) is 0 Å². The molecule has 6 N–H and O–H groups in total. The lowest BCUT2D eigenvalue weighted by molar-refractivity contribution is -0.215. The van der Waals surface area contributed by atoms with Gasteiger partial charge in [0, 0.05) is 84.8 Å². The van der Waals surface area contributed by atoms with Gasteiger partial charge in [0.2, 0.25) is 0 Å². The molecule has 20 atom stereocenters. The van der Waals surface area contributed by atoms with E-state index in [1.807, 2.05) is 0 Å². The molecule has 8 unspecified atom stereocenters. The number of aliphatic hydroxyl groups is 4. The lowest BCUT2D eigenvalue weighted by Crippen LogP contribution is -2.66. The van der Waals surface area contributed by atoms with Crippen molar-refractivity contribution in [3.8, 4) is 0 Å². The molecule has 10 fully saturated rings. The fraction of sp³-hybridized carbons (Fsp3) is 0.893. The van der Waals surface area contributed by atoms with Crippen molar-refractivity contribution in [1.82, 2.24) is 10.6 Å². The fourth-order valence-electron chi connectivity index (χ4n) is 19.7. The van der Waals surface area contributed by atoms with Crippen LogP contribution in [-0.4, -0.2) is 120 Å². The molecular formula is C56H88N4O10. The highest BCUT2D eigenvalue weighted by Crippen LogP contribution is 2.72. The molecule has 14 heteroatoms. The normalized spacial score (nSPS) is 50.1. The molecule has 2 saturated heterocycles. The summed E-state index contributed by atoms with van der Waals surface area (Å²) in [7, 11) is 0. The first-order chi connectivity index (χ1) is 33.2. The Kier molecular flexibility index (Phi) is 13.6. The van der Waals surface area contributed by atoms with E-state index in [4.69, 9.17) is 29.5 Å². The second-order valence-corrected chi connectivity index (χ2v) is 26.6. The molecule has 0 bridgehead atoms. The largest absolute Gasteiger partial charge is 0.459 e. The van der Waals surface area contributed by atoms with Crippen LogP contribution in [0.5, 0.6) is 0 Å². The predicted molar refractivity (Wildman–Crippen MR) is 265 cm³/mol. The molecule has 2 heterocycles. The summed E-state index contributed by atoms with van der Waals surface area (Å²) in [6, 6.07) is 0. The zero-order valence-electron chi connectivity index (χ0n) is 43.7. The van der Waals surface area contributed by atoms with Crippen LogP contribution in [0.3, 0.4) is 0 Å². The van der Waals surface area contributed by atoms with Gasteiger partial charge in [0.1, 0.15) is 24.4 Å². The first kappa shape index (κ1) is 50.9. The Morgan fingerprint density at radius 2 is 0.943 bits per heavy atom. The Balaban J connectivity index is 0.774. The van der Waals surface area contributed by atoms with Crippen molar-refractivity contribution in [1.29, 1.82) is 0 Å². The SMILES string of the molecule is CC1(C)/C(=N/O[C@@H]2CCNC2)CC[C@@]2(C)C1C(CO)C(O)[C@@H]1[C@H]2CC[C@]2(C)C(OC(=O)/C=C/C(=O)OC3CC[C@H]4[C@@H]5C(O)C(CO)C6C(C)(C)/C(=N/O[C@@H]7CCNC7)CC[C@]6(C)[C@@H]5CC[C@]34C)CC[C@@H]12. The molecule has 392 valence electrons. The van der Waals surface area contributed by atoms with E-state index in [1.165, 1.54) is 12.2 Å². The van der Waals surface area contributed by atoms with Crippen LogP contribution in [0.4, 0.5) is 0 Å². The highest BCUT2D eigenvalue weighted by atomic mass is 16.6. The number of aliphatic hydroxyl groups excluding tert-OH is 4. The van der Waals surface area contributed by atoms with Crippen LogP contribution in [0.25, 0.3) is 0 Å². The fourth-order valence-corrected chi connectivity index (χ4v) is 19.7. The maximum absolute atomic E-state index is 13.6. The maximum atomic E-state index is 13.6. The van der Waals surface area contributed by atoms with Crippen LogP contribution in [0.2, 0.25) is 0 Å². The summed E-state index contributed by atoms with van der Waals surface area (Å²) >= 11 is 0. The van der Waals surface area contributed by atoms with E-state index in [1.54, 1.807) is 0 Å². The first-order valence-corrected chi connectivity index (χ1v) is 27.8. The van der Waals surface area contributed by atoms with E-state index in [2.05, 4.69) is 66.0 Å². The zero-order valence-corrected chi connectivity index (χ0v) is 43.7. The third-order valence-corrected chi connectivity index (χ3v) is 22.9. The van der Waals surface area contributed by atoms with E-state index in [0.29, 0.717) is 12.8 Å². The predicted octanol–water partition coefficient (Wildman–Crippen LogP) is 6.57. The maximum Gasteiger partial charge on any atom is 0.331 e. The molecule has 10 rings (SSSR count). The number of ether oxygens (including phenoxy) is 2. The van der Waals surface area contributed by atoms with E-state index >= 15 is 0 Å². The monoisotopic (exact) mass is 977 g/mol. The molecule has 0 radical (unpaired) electrons. The molecule has 2 aliphatic heterocycles. The number of nitrogens with zero attached hydrogens (tertiary/aromatic N) is 2. The van der Waals surface area contributed by atoms with Gasteiger partial charge >= 0.3 is 11.9 Å². The number of hydrogen-bond acceptors (Lipinski definition) is 14. The average molecular weight is 977 g/mol. The van der Waals surface area contributed by atoms with Gasteiger partial charge in [-0.3, -0.25) is 0 Å².